The Morgan fingerprint density at radius 3 is 2.10 bits per heavy atom. The van der Waals surface area contributed by atoms with Gasteiger partial charge in [0.15, 0.2) is 0 Å². The highest BCUT2D eigenvalue weighted by Crippen LogP contribution is 2.26. The van der Waals surface area contributed by atoms with Crippen molar-refractivity contribution in [3.05, 3.63) is 101 Å². The second-order valence-electron chi connectivity index (χ2n) is 6.71. The minimum atomic E-state index is -1.43. The van der Waals surface area contributed by atoms with Gasteiger partial charge in [-0.3, -0.25) is 4.79 Å². The van der Waals surface area contributed by atoms with Gasteiger partial charge in [0, 0.05) is 5.02 Å². The predicted molar refractivity (Wildman–Crippen MR) is 118 cm³/mol. The van der Waals surface area contributed by atoms with Gasteiger partial charge in [0.2, 0.25) is 11.9 Å². The molecule has 1 unspecified atom stereocenters. The molecule has 0 aromatic heterocycles. The van der Waals surface area contributed by atoms with Crippen LogP contribution in [0, 0.1) is 0 Å². The number of esters is 1. The Balaban J connectivity index is 1.83. The average Bonchev–Trinajstić information content (AvgIpc) is 2.80. The summed E-state index contributed by atoms with van der Waals surface area (Å²) in [6, 6.07) is 23.5. The SMILES string of the molecule is CCOC(=O)C(OCc1ccccc1)C(=O)c1cc(Cl)ccc1OCc1ccccc1. The maximum Gasteiger partial charge on any atom is 0.343 e. The van der Waals surface area contributed by atoms with E-state index < -0.39 is 17.9 Å². The van der Waals surface area contributed by atoms with Crippen LogP contribution in [0.15, 0.2) is 78.9 Å². The van der Waals surface area contributed by atoms with Gasteiger partial charge in [-0.25, -0.2) is 4.79 Å². The third-order valence-electron chi connectivity index (χ3n) is 4.44. The summed E-state index contributed by atoms with van der Waals surface area (Å²) in [6.07, 6.45) is -1.43. The molecular formula is C25H23ClO5. The Kier molecular flexibility index (Phi) is 8.21. The topological polar surface area (TPSA) is 61.8 Å². The third-order valence-corrected chi connectivity index (χ3v) is 4.68. The van der Waals surface area contributed by atoms with Gasteiger partial charge >= 0.3 is 5.97 Å². The molecule has 160 valence electrons. The second kappa shape index (κ2) is 11.3. The lowest BCUT2D eigenvalue weighted by molar-refractivity contribution is -0.154. The van der Waals surface area contributed by atoms with Crippen LogP contribution in [0.1, 0.15) is 28.4 Å². The van der Waals surface area contributed by atoms with Gasteiger partial charge in [0.05, 0.1) is 18.8 Å². The van der Waals surface area contributed by atoms with Crippen LogP contribution in [0.3, 0.4) is 0 Å². The number of ketones is 1. The van der Waals surface area contributed by atoms with Gasteiger partial charge in [0.1, 0.15) is 12.4 Å². The van der Waals surface area contributed by atoms with Crippen molar-refractivity contribution in [2.24, 2.45) is 0 Å². The number of rotatable bonds is 10. The summed E-state index contributed by atoms with van der Waals surface area (Å²) in [7, 11) is 0. The zero-order chi connectivity index (χ0) is 22.1. The van der Waals surface area contributed by atoms with E-state index in [4.69, 9.17) is 25.8 Å². The summed E-state index contributed by atoms with van der Waals surface area (Å²) >= 11 is 6.13. The molecule has 31 heavy (non-hydrogen) atoms. The van der Waals surface area contributed by atoms with E-state index in [0.717, 1.165) is 11.1 Å². The lowest BCUT2D eigenvalue weighted by Gasteiger charge is -2.18. The fourth-order valence-corrected chi connectivity index (χ4v) is 3.09. The molecule has 0 heterocycles. The number of benzene rings is 3. The van der Waals surface area contributed by atoms with Crippen LogP contribution >= 0.6 is 11.6 Å². The molecule has 0 aliphatic heterocycles. The number of ether oxygens (including phenoxy) is 3. The van der Waals surface area contributed by atoms with Crippen molar-refractivity contribution >= 4 is 23.4 Å². The smallest absolute Gasteiger partial charge is 0.343 e. The molecular weight excluding hydrogens is 416 g/mol. The summed E-state index contributed by atoms with van der Waals surface area (Å²) in [6.45, 7) is 2.14. The highest BCUT2D eigenvalue weighted by molar-refractivity contribution is 6.31. The molecule has 3 aromatic carbocycles. The van der Waals surface area contributed by atoms with E-state index in [-0.39, 0.29) is 25.4 Å². The first-order valence-corrected chi connectivity index (χ1v) is 10.3. The molecule has 6 heteroatoms. The maximum atomic E-state index is 13.3. The van der Waals surface area contributed by atoms with Crippen molar-refractivity contribution in [2.75, 3.05) is 6.61 Å². The Labute approximate surface area is 186 Å². The standard InChI is InChI=1S/C25H23ClO5/c1-2-29-25(28)24(31-17-19-11-7-4-8-12-19)23(27)21-15-20(26)13-14-22(21)30-16-18-9-5-3-6-10-18/h3-15,24H,2,16-17H2,1H3. The molecule has 0 N–H and O–H groups in total. The van der Waals surface area contributed by atoms with Gasteiger partial charge in [0.25, 0.3) is 0 Å². The van der Waals surface area contributed by atoms with Crippen molar-refractivity contribution in [1.29, 1.82) is 0 Å². The molecule has 0 saturated heterocycles. The Morgan fingerprint density at radius 2 is 1.48 bits per heavy atom. The fraction of sp³-hybridized carbons (Fsp3) is 0.200. The molecule has 1 atom stereocenters. The quantitative estimate of drug-likeness (QED) is 0.246. The van der Waals surface area contributed by atoms with Crippen LogP contribution in [0.4, 0.5) is 0 Å². The molecule has 0 bridgehead atoms. The molecule has 0 aliphatic rings. The van der Waals surface area contributed by atoms with Crippen LogP contribution in [0.2, 0.25) is 5.02 Å². The minimum absolute atomic E-state index is 0.0802. The zero-order valence-electron chi connectivity index (χ0n) is 17.1. The van der Waals surface area contributed by atoms with Crippen molar-refractivity contribution in [1.82, 2.24) is 0 Å². The van der Waals surface area contributed by atoms with Crippen molar-refractivity contribution < 1.29 is 23.8 Å². The van der Waals surface area contributed by atoms with Crippen LogP contribution < -0.4 is 4.74 Å². The molecule has 0 amide bonds. The van der Waals surface area contributed by atoms with E-state index >= 15 is 0 Å². The largest absolute Gasteiger partial charge is 0.488 e. The van der Waals surface area contributed by atoms with Crippen LogP contribution in [-0.2, 0) is 27.5 Å². The predicted octanol–water partition coefficient (Wildman–Crippen LogP) is 5.25. The number of halogens is 1. The van der Waals surface area contributed by atoms with E-state index in [1.165, 1.54) is 6.07 Å². The van der Waals surface area contributed by atoms with E-state index in [9.17, 15) is 9.59 Å². The molecule has 0 saturated carbocycles. The first kappa shape index (κ1) is 22.5. The van der Waals surface area contributed by atoms with E-state index in [1.54, 1.807) is 19.1 Å². The summed E-state index contributed by atoms with van der Waals surface area (Å²) < 4.78 is 16.6. The van der Waals surface area contributed by atoms with Gasteiger partial charge in [-0.05, 0) is 36.2 Å². The van der Waals surface area contributed by atoms with Gasteiger partial charge in [-0.15, -0.1) is 0 Å². The summed E-state index contributed by atoms with van der Waals surface area (Å²) in [5, 5.41) is 0.348. The molecule has 0 aliphatic carbocycles. The fourth-order valence-electron chi connectivity index (χ4n) is 2.92. The Morgan fingerprint density at radius 1 is 0.871 bits per heavy atom. The summed E-state index contributed by atoms with van der Waals surface area (Å²) in [4.78, 5) is 25.8. The van der Waals surface area contributed by atoms with Crippen LogP contribution in [-0.4, -0.2) is 24.5 Å². The van der Waals surface area contributed by atoms with Gasteiger partial charge < -0.3 is 14.2 Å². The monoisotopic (exact) mass is 438 g/mol. The number of hydrogen-bond acceptors (Lipinski definition) is 5. The third kappa shape index (κ3) is 6.41. The van der Waals surface area contributed by atoms with Gasteiger partial charge in [-0.2, -0.15) is 0 Å². The van der Waals surface area contributed by atoms with Crippen molar-refractivity contribution in [2.45, 2.75) is 26.2 Å². The molecule has 0 spiro atoms. The lowest BCUT2D eigenvalue weighted by Crippen LogP contribution is -2.35. The molecule has 3 rings (SSSR count). The number of Topliss-reactive ketones (excluding diaryl/α,β-unsaturated/α-hetero) is 1. The highest BCUT2D eigenvalue weighted by atomic mass is 35.5. The number of hydrogen-bond donors (Lipinski definition) is 0. The van der Waals surface area contributed by atoms with Crippen molar-refractivity contribution in [3.8, 4) is 5.75 Å². The number of carbonyl (C=O) groups is 2. The van der Waals surface area contributed by atoms with E-state index in [1.807, 2.05) is 60.7 Å². The first-order valence-electron chi connectivity index (χ1n) is 9.91. The molecule has 0 radical (unpaired) electrons. The minimum Gasteiger partial charge on any atom is -0.488 e. The zero-order valence-corrected chi connectivity index (χ0v) is 17.9. The summed E-state index contributed by atoms with van der Waals surface area (Å²) in [5.41, 5.74) is 1.93. The number of carbonyl (C=O) groups excluding carboxylic acids is 2. The highest BCUT2D eigenvalue weighted by Gasteiger charge is 2.32. The maximum absolute atomic E-state index is 13.3. The lowest BCUT2D eigenvalue weighted by atomic mass is 10.0. The molecule has 3 aromatic rings. The van der Waals surface area contributed by atoms with Crippen LogP contribution in [0.5, 0.6) is 5.75 Å². The Bertz CT molecular complexity index is 1000. The van der Waals surface area contributed by atoms with Crippen molar-refractivity contribution in [3.63, 3.8) is 0 Å². The second-order valence-corrected chi connectivity index (χ2v) is 7.14. The summed E-state index contributed by atoms with van der Waals surface area (Å²) in [5.74, 6) is -1.01. The van der Waals surface area contributed by atoms with E-state index in [0.29, 0.717) is 10.8 Å². The Hall–Kier alpha value is -3.15. The average molecular weight is 439 g/mol. The normalized spacial score (nSPS) is 11.5. The van der Waals surface area contributed by atoms with E-state index in [2.05, 4.69) is 0 Å². The molecule has 5 nitrogen and oxygen atoms in total. The molecule has 0 fully saturated rings. The van der Waals surface area contributed by atoms with Gasteiger partial charge in [-0.1, -0.05) is 72.3 Å². The van der Waals surface area contributed by atoms with Crippen LogP contribution in [0.25, 0.3) is 0 Å². The first-order chi connectivity index (χ1) is 15.1.